The van der Waals surface area contributed by atoms with Crippen molar-refractivity contribution in [1.82, 2.24) is 14.5 Å². The smallest absolute Gasteiger partial charge is 0.168 e. The molecular formula is C18H20ClN5O. The van der Waals surface area contributed by atoms with Gasteiger partial charge in [0.25, 0.3) is 0 Å². The van der Waals surface area contributed by atoms with Crippen molar-refractivity contribution in [3.05, 3.63) is 40.8 Å². The molecular weight excluding hydrogens is 338 g/mol. The van der Waals surface area contributed by atoms with Crippen molar-refractivity contribution >= 4 is 46.1 Å². The number of nitrogens with one attached hydrogen (secondary N) is 2. The number of aromatic nitrogens is 3. The largest absolute Gasteiger partial charge is 0.381 e. The van der Waals surface area contributed by atoms with Gasteiger partial charge in [0.2, 0.25) is 0 Å². The predicted octanol–water partition coefficient (Wildman–Crippen LogP) is 4.31. The van der Waals surface area contributed by atoms with Gasteiger partial charge in [-0.1, -0.05) is 17.7 Å². The Morgan fingerprint density at radius 2 is 2.00 bits per heavy atom. The van der Waals surface area contributed by atoms with Crippen LogP contribution in [0.25, 0.3) is 11.0 Å². The minimum atomic E-state index is 0.291. The molecule has 0 aliphatic carbocycles. The second kappa shape index (κ2) is 6.72. The number of nitrogens with zero attached hydrogens (tertiary/aromatic N) is 3. The average Bonchev–Trinajstić information content (AvgIpc) is 2.81. The van der Waals surface area contributed by atoms with Crippen LogP contribution in [0.2, 0.25) is 5.02 Å². The molecule has 0 spiro atoms. The average molecular weight is 358 g/mol. The fourth-order valence-electron chi connectivity index (χ4n) is 2.79. The molecule has 130 valence electrons. The summed E-state index contributed by atoms with van der Waals surface area (Å²) in [6.45, 7) is 6.22. The maximum Gasteiger partial charge on any atom is 0.168 e. The molecule has 0 aliphatic rings. The van der Waals surface area contributed by atoms with Crippen molar-refractivity contribution < 1.29 is 4.79 Å². The number of anilines is 3. The minimum absolute atomic E-state index is 0.291. The molecule has 25 heavy (non-hydrogen) atoms. The maximum absolute atomic E-state index is 11.3. The lowest BCUT2D eigenvalue weighted by Crippen LogP contribution is -2.12. The number of hydrogen-bond acceptors (Lipinski definition) is 5. The highest BCUT2D eigenvalue weighted by Crippen LogP contribution is 2.34. The summed E-state index contributed by atoms with van der Waals surface area (Å²) in [7, 11) is 1.77. The first-order chi connectivity index (χ1) is 11.9. The van der Waals surface area contributed by atoms with E-state index >= 15 is 0 Å². The second-order valence-corrected chi connectivity index (χ2v) is 6.65. The Morgan fingerprint density at radius 1 is 1.24 bits per heavy atom. The summed E-state index contributed by atoms with van der Waals surface area (Å²) in [6, 6.07) is 6.40. The first-order valence-corrected chi connectivity index (χ1v) is 8.38. The molecule has 2 N–H and O–H groups in total. The van der Waals surface area contributed by atoms with Crippen LogP contribution in [0, 0.1) is 6.92 Å². The standard InChI is InChI=1S/C18H20ClN5O/c1-10(2)22-13-7-11(3)5-6-12(13)23-18-17-16(20-9-21-18)15(19)14(8-25)24(17)4/h5-10,22H,1-4H3,(H,20,21,23). The molecule has 3 aromatic rings. The van der Waals surface area contributed by atoms with Crippen molar-refractivity contribution in [2.75, 3.05) is 10.6 Å². The molecule has 0 saturated heterocycles. The molecule has 6 nitrogen and oxygen atoms in total. The van der Waals surface area contributed by atoms with E-state index in [1.54, 1.807) is 11.6 Å². The fraction of sp³-hybridized carbons (Fsp3) is 0.278. The van der Waals surface area contributed by atoms with Crippen molar-refractivity contribution in [1.29, 1.82) is 0 Å². The van der Waals surface area contributed by atoms with Crippen LogP contribution >= 0.6 is 11.6 Å². The summed E-state index contributed by atoms with van der Waals surface area (Å²) >= 11 is 6.28. The van der Waals surface area contributed by atoms with Crippen LogP contribution in [0.15, 0.2) is 24.5 Å². The zero-order valence-electron chi connectivity index (χ0n) is 14.6. The third kappa shape index (κ3) is 3.17. The van der Waals surface area contributed by atoms with Gasteiger partial charge in [-0.15, -0.1) is 0 Å². The van der Waals surface area contributed by atoms with Gasteiger partial charge < -0.3 is 15.2 Å². The summed E-state index contributed by atoms with van der Waals surface area (Å²) in [5, 5.41) is 7.11. The van der Waals surface area contributed by atoms with Gasteiger partial charge in [0.15, 0.2) is 12.1 Å². The number of halogens is 1. The number of carbonyl (C=O) groups is 1. The van der Waals surface area contributed by atoms with Gasteiger partial charge in [-0.05, 0) is 38.5 Å². The first-order valence-electron chi connectivity index (χ1n) is 8.00. The summed E-state index contributed by atoms with van der Waals surface area (Å²) in [5.74, 6) is 0.596. The van der Waals surface area contributed by atoms with Crippen LogP contribution in [0.4, 0.5) is 17.2 Å². The monoisotopic (exact) mass is 357 g/mol. The zero-order valence-corrected chi connectivity index (χ0v) is 15.3. The molecule has 0 aliphatic heterocycles. The number of carbonyl (C=O) groups excluding carboxylic acids is 1. The van der Waals surface area contributed by atoms with E-state index in [2.05, 4.69) is 40.5 Å². The molecule has 2 aromatic heterocycles. The highest BCUT2D eigenvalue weighted by molar-refractivity contribution is 6.37. The minimum Gasteiger partial charge on any atom is -0.381 e. The summed E-state index contributed by atoms with van der Waals surface area (Å²) in [5.41, 5.74) is 4.65. The quantitative estimate of drug-likeness (QED) is 0.666. The Hall–Kier alpha value is -2.60. The number of rotatable bonds is 5. The molecule has 0 unspecified atom stereocenters. The van der Waals surface area contributed by atoms with Gasteiger partial charge in [0.05, 0.1) is 16.4 Å². The van der Waals surface area contributed by atoms with Gasteiger partial charge in [0, 0.05) is 13.1 Å². The van der Waals surface area contributed by atoms with Gasteiger partial charge in [0.1, 0.15) is 23.1 Å². The Morgan fingerprint density at radius 3 is 2.68 bits per heavy atom. The SMILES string of the molecule is Cc1ccc(Nc2ncnc3c(Cl)c(C=O)n(C)c23)c(NC(C)C)c1. The summed E-state index contributed by atoms with van der Waals surface area (Å²) in [4.78, 5) is 19.9. The number of benzene rings is 1. The van der Waals surface area contributed by atoms with E-state index in [4.69, 9.17) is 11.6 Å². The zero-order chi connectivity index (χ0) is 18.1. The Kier molecular flexibility index (Phi) is 4.63. The Balaban J connectivity index is 2.12. The van der Waals surface area contributed by atoms with Crippen molar-refractivity contribution in [2.45, 2.75) is 26.8 Å². The van der Waals surface area contributed by atoms with E-state index in [1.807, 2.05) is 19.1 Å². The predicted molar refractivity (Wildman–Crippen MR) is 102 cm³/mol. The Bertz CT molecular complexity index is 948. The molecule has 0 amide bonds. The molecule has 7 heteroatoms. The van der Waals surface area contributed by atoms with Crippen molar-refractivity contribution in [2.24, 2.45) is 7.05 Å². The number of fused-ring (bicyclic) bond motifs is 1. The fourth-order valence-corrected chi connectivity index (χ4v) is 3.10. The van der Waals surface area contributed by atoms with E-state index in [1.165, 1.54) is 6.33 Å². The molecule has 2 heterocycles. The van der Waals surface area contributed by atoms with E-state index in [9.17, 15) is 4.79 Å². The lowest BCUT2D eigenvalue weighted by atomic mass is 10.1. The first kappa shape index (κ1) is 17.2. The lowest BCUT2D eigenvalue weighted by Gasteiger charge is -2.17. The molecule has 3 rings (SSSR count). The highest BCUT2D eigenvalue weighted by atomic mass is 35.5. The maximum atomic E-state index is 11.3. The molecule has 0 saturated carbocycles. The lowest BCUT2D eigenvalue weighted by molar-refractivity contribution is 0.111. The van der Waals surface area contributed by atoms with Crippen LogP contribution in [0.5, 0.6) is 0 Å². The molecule has 0 atom stereocenters. The van der Waals surface area contributed by atoms with Gasteiger partial charge >= 0.3 is 0 Å². The van der Waals surface area contributed by atoms with E-state index in [0.717, 1.165) is 23.2 Å². The number of hydrogen-bond donors (Lipinski definition) is 2. The highest BCUT2D eigenvalue weighted by Gasteiger charge is 2.18. The normalized spacial score (nSPS) is 11.1. The molecule has 0 bridgehead atoms. The third-order valence-electron chi connectivity index (χ3n) is 3.94. The summed E-state index contributed by atoms with van der Waals surface area (Å²) < 4.78 is 1.71. The third-order valence-corrected chi connectivity index (χ3v) is 4.31. The topological polar surface area (TPSA) is 71.8 Å². The molecule has 0 radical (unpaired) electrons. The molecule has 1 aromatic carbocycles. The second-order valence-electron chi connectivity index (χ2n) is 6.27. The summed E-state index contributed by atoms with van der Waals surface area (Å²) in [6.07, 6.45) is 2.17. The van der Waals surface area contributed by atoms with Crippen molar-refractivity contribution in [3.63, 3.8) is 0 Å². The van der Waals surface area contributed by atoms with E-state index < -0.39 is 0 Å². The van der Waals surface area contributed by atoms with Crippen LogP contribution in [0.3, 0.4) is 0 Å². The van der Waals surface area contributed by atoms with Crippen LogP contribution in [-0.4, -0.2) is 26.9 Å². The molecule has 0 fully saturated rings. The Labute approximate surface area is 151 Å². The van der Waals surface area contributed by atoms with Gasteiger partial charge in [-0.25, -0.2) is 9.97 Å². The van der Waals surface area contributed by atoms with Crippen LogP contribution in [-0.2, 0) is 7.05 Å². The van der Waals surface area contributed by atoms with Crippen LogP contribution in [0.1, 0.15) is 29.9 Å². The number of aldehydes is 1. The van der Waals surface area contributed by atoms with E-state index in [-0.39, 0.29) is 0 Å². The van der Waals surface area contributed by atoms with Crippen molar-refractivity contribution in [3.8, 4) is 0 Å². The number of aryl methyl sites for hydroxylation is 2. The van der Waals surface area contributed by atoms with E-state index in [0.29, 0.717) is 33.6 Å². The van der Waals surface area contributed by atoms with Gasteiger partial charge in [-0.2, -0.15) is 0 Å². The van der Waals surface area contributed by atoms with Crippen LogP contribution < -0.4 is 10.6 Å². The van der Waals surface area contributed by atoms with Gasteiger partial charge in [-0.3, -0.25) is 4.79 Å².